The van der Waals surface area contributed by atoms with Crippen LogP contribution in [0.5, 0.6) is 0 Å². The van der Waals surface area contributed by atoms with Crippen molar-refractivity contribution < 1.29 is 9.53 Å². The molecule has 1 saturated carbocycles. The normalized spacial score (nSPS) is 16.2. The predicted octanol–water partition coefficient (Wildman–Crippen LogP) is 6.02. The van der Waals surface area contributed by atoms with Crippen LogP contribution in [0.1, 0.15) is 44.6 Å². The Morgan fingerprint density at radius 3 is 2.68 bits per heavy atom. The molecule has 6 heteroatoms. The zero-order valence-electron chi connectivity index (χ0n) is 16.2. The van der Waals surface area contributed by atoms with Crippen molar-refractivity contribution in [3.8, 4) is 11.1 Å². The molecule has 0 unspecified atom stereocenters. The maximum atomic E-state index is 12.6. The molecule has 0 spiro atoms. The highest BCUT2D eigenvalue weighted by atomic mass is 32.2. The van der Waals surface area contributed by atoms with Gasteiger partial charge in [0.25, 0.3) is 0 Å². The van der Waals surface area contributed by atoms with Crippen molar-refractivity contribution in [3.63, 3.8) is 0 Å². The molecule has 1 fully saturated rings. The third-order valence-electron chi connectivity index (χ3n) is 5.15. The van der Waals surface area contributed by atoms with Gasteiger partial charge in [0.05, 0.1) is 5.39 Å². The number of hydrogen-bond donors (Lipinski definition) is 0. The Hall–Kier alpha value is -1.92. The first-order chi connectivity index (χ1) is 13.6. The van der Waals surface area contributed by atoms with Crippen LogP contribution in [0.15, 0.2) is 41.0 Å². The van der Waals surface area contributed by atoms with Gasteiger partial charge in [0.1, 0.15) is 27.5 Å². The Morgan fingerprint density at radius 2 is 1.93 bits per heavy atom. The molecule has 1 aliphatic carbocycles. The van der Waals surface area contributed by atoms with Crippen LogP contribution in [0.3, 0.4) is 0 Å². The number of carbonyl (C=O) groups is 1. The lowest BCUT2D eigenvalue weighted by molar-refractivity contribution is -0.149. The average molecular weight is 413 g/mol. The molecule has 1 aliphatic rings. The number of thioether (sulfide) groups is 1. The SMILES string of the molecule is Cc1ccc(-c2csc3ncnc(S[C@H](C)C(=O)OC4CCCCC4)c23)cc1. The molecule has 0 radical (unpaired) electrons. The van der Waals surface area contributed by atoms with Crippen molar-refractivity contribution in [2.45, 2.75) is 62.3 Å². The fraction of sp³-hybridized carbons (Fsp3) is 0.409. The zero-order valence-corrected chi connectivity index (χ0v) is 17.8. The molecule has 4 nitrogen and oxygen atoms in total. The molecule has 146 valence electrons. The van der Waals surface area contributed by atoms with Crippen LogP contribution >= 0.6 is 23.1 Å². The molecule has 0 bridgehead atoms. The van der Waals surface area contributed by atoms with E-state index in [1.807, 2.05) is 6.92 Å². The fourth-order valence-corrected chi connectivity index (χ4v) is 5.44. The van der Waals surface area contributed by atoms with Crippen molar-refractivity contribution >= 4 is 39.3 Å². The summed E-state index contributed by atoms with van der Waals surface area (Å²) in [5.41, 5.74) is 3.50. The van der Waals surface area contributed by atoms with Crippen molar-refractivity contribution in [2.24, 2.45) is 0 Å². The Kier molecular flexibility index (Phi) is 5.97. The maximum absolute atomic E-state index is 12.6. The van der Waals surface area contributed by atoms with Crippen LogP contribution in [-0.2, 0) is 9.53 Å². The van der Waals surface area contributed by atoms with Crippen LogP contribution in [0, 0.1) is 6.92 Å². The second-order valence-corrected chi connectivity index (χ2v) is 9.52. The lowest BCUT2D eigenvalue weighted by Crippen LogP contribution is -2.26. The quantitative estimate of drug-likeness (QED) is 0.291. The largest absolute Gasteiger partial charge is 0.462 e. The number of nitrogens with zero attached hydrogens (tertiary/aromatic N) is 2. The van der Waals surface area contributed by atoms with E-state index in [1.54, 1.807) is 17.7 Å². The minimum absolute atomic E-state index is 0.0824. The van der Waals surface area contributed by atoms with E-state index in [4.69, 9.17) is 4.74 Å². The molecule has 2 aromatic heterocycles. The standard InChI is InChI=1S/C22H24N2O2S2/c1-14-8-10-16(11-9-14)18-12-27-20-19(18)21(24-13-23-20)28-15(2)22(25)26-17-6-4-3-5-7-17/h8-13,15,17H,3-7H2,1-2H3/t15-/m1/s1. The summed E-state index contributed by atoms with van der Waals surface area (Å²) in [6.45, 7) is 3.99. The van der Waals surface area contributed by atoms with Gasteiger partial charge < -0.3 is 4.74 Å². The number of thiophene rings is 1. The summed E-state index contributed by atoms with van der Waals surface area (Å²) in [4.78, 5) is 22.5. The summed E-state index contributed by atoms with van der Waals surface area (Å²) in [7, 11) is 0. The van der Waals surface area contributed by atoms with Crippen molar-refractivity contribution in [1.82, 2.24) is 9.97 Å². The number of aryl methyl sites for hydroxylation is 1. The van der Waals surface area contributed by atoms with Crippen LogP contribution in [-0.4, -0.2) is 27.3 Å². The number of esters is 1. The fourth-order valence-electron chi connectivity index (χ4n) is 3.54. The summed E-state index contributed by atoms with van der Waals surface area (Å²) in [5.74, 6) is -0.143. The third-order valence-corrected chi connectivity index (χ3v) is 7.12. The van der Waals surface area contributed by atoms with Gasteiger partial charge in [0.15, 0.2) is 0 Å². The molecular formula is C22H24N2O2S2. The number of ether oxygens (including phenoxy) is 1. The number of rotatable bonds is 5. The minimum atomic E-state index is -0.300. The minimum Gasteiger partial charge on any atom is -0.462 e. The molecule has 3 aromatic rings. The first kappa shape index (κ1) is 19.4. The molecule has 28 heavy (non-hydrogen) atoms. The lowest BCUT2D eigenvalue weighted by Gasteiger charge is -2.23. The van der Waals surface area contributed by atoms with Crippen molar-refractivity contribution in [1.29, 1.82) is 0 Å². The monoisotopic (exact) mass is 412 g/mol. The number of benzene rings is 1. The highest BCUT2D eigenvalue weighted by molar-refractivity contribution is 8.00. The Labute approximate surface area is 173 Å². The van der Waals surface area contributed by atoms with Gasteiger partial charge in [-0.2, -0.15) is 0 Å². The molecule has 1 aromatic carbocycles. The van der Waals surface area contributed by atoms with E-state index in [2.05, 4.69) is 46.5 Å². The number of hydrogen-bond acceptors (Lipinski definition) is 6. The predicted molar refractivity (Wildman–Crippen MR) is 116 cm³/mol. The third kappa shape index (κ3) is 4.23. The summed E-state index contributed by atoms with van der Waals surface area (Å²) in [5, 5.41) is 3.69. The lowest BCUT2D eigenvalue weighted by atomic mass is 9.98. The van der Waals surface area contributed by atoms with E-state index < -0.39 is 0 Å². The van der Waals surface area contributed by atoms with Crippen LogP contribution in [0.2, 0.25) is 0 Å². The first-order valence-electron chi connectivity index (χ1n) is 9.78. The van der Waals surface area contributed by atoms with E-state index in [-0.39, 0.29) is 17.3 Å². The molecule has 0 N–H and O–H groups in total. The Morgan fingerprint density at radius 1 is 1.18 bits per heavy atom. The molecule has 4 rings (SSSR count). The van der Waals surface area contributed by atoms with Crippen LogP contribution in [0.25, 0.3) is 21.3 Å². The zero-order chi connectivity index (χ0) is 19.5. The van der Waals surface area contributed by atoms with Crippen LogP contribution < -0.4 is 0 Å². The molecule has 0 saturated heterocycles. The van der Waals surface area contributed by atoms with E-state index in [0.29, 0.717) is 0 Å². The van der Waals surface area contributed by atoms with Gasteiger partial charge in [-0.05, 0) is 45.1 Å². The summed E-state index contributed by atoms with van der Waals surface area (Å²) >= 11 is 3.08. The highest BCUT2D eigenvalue weighted by Crippen LogP contribution is 2.39. The van der Waals surface area contributed by atoms with Gasteiger partial charge in [0, 0.05) is 10.9 Å². The van der Waals surface area contributed by atoms with Gasteiger partial charge in [-0.3, -0.25) is 4.79 Å². The van der Waals surface area contributed by atoms with E-state index >= 15 is 0 Å². The average Bonchev–Trinajstić information content (AvgIpc) is 3.14. The molecule has 0 amide bonds. The molecule has 2 heterocycles. The molecule has 1 atom stereocenters. The molecular weight excluding hydrogens is 388 g/mol. The van der Waals surface area contributed by atoms with E-state index in [0.717, 1.165) is 52.1 Å². The van der Waals surface area contributed by atoms with Gasteiger partial charge >= 0.3 is 5.97 Å². The van der Waals surface area contributed by atoms with E-state index in [9.17, 15) is 4.79 Å². The van der Waals surface area contributed by atoms with E-state index in [1.165, 1.54) is 23.7 Å². The summed E-state index contributed by atoms with van der Waals surface area (Å²) in [6.07, 6.45) is 7.20. The van der Waals surface area contributed by atoms with Crippen LogP contribution in [0.4, 0.5) is 0 Å². The van der Waals surface area contributed by atoms with Gasteiger partial charge in [-0.15, -0.1) is 11.3 Å². The first-order valence-corrected chi connectivity index (χ1v) is 11.5. The summed E-state index contributed by atoms with van der Waals surface area (Å²) in [6, 6.07) is 8.47. The number of carbonyl (C=O) groups excluding carboxylic acids is 1. The van der Waals surface area contributed by atoms with Crippen molar-refractivity contribution in [2.75, 3.05) is 0 Å². The van der Waals surface area contributed by atoms with Gasteiger partial charge in [-0.1, -0.05) is 48.0 Å². The maximum Gasteiger partial charge on any atom is 0.319 e. The highest BCUT2D eigenvalue weighted by Gasteiger charge is 2.24. The Bertz CT molecular complexity index is 962. The smallest absolute Gasteiger partial charge is 0.319 e. The number of aromatic nitrogens is 2. The van der Waals surface area contributed by atoms with Gasteiger partial charge in [-0.25, -0.2) is 9.97 Å². The van der Waals surface area contributed by atoms with Gasteiger partial charge in [0.2, 0.25) is 0 Å². The summed E-state index contributed by atoms with van der Waals surface area (Å²) < 4.78 is 5.75. The van der Waals surface area contributed by atoms with Crippen molar-refractivity contribution in [3.05, 3.63) is 41.5 Å². The second kappa shape index (κ2) is 8.62. The second-order valence-electron chi connectivity index (χ2n) is 7.33. The molecule has 0 aliphatic heterocycles. The Balaban J connectivity index is 1.57. The topological polar surface area (TPSA) is 52.1 Å². The number of fused-ring (bicyclic) bond motifs is 1.